The van der Waals surface area contributed by atoms with Gasteiger partial charge in [0.25, 0.3) is 0 Å². The van der Waals surface area contributed by atoms with E-state index in [0.717, 1.165) is 0 Å². The molecule has 0 saturated heterocycles. The molecule has 0 aliphatic carbocycles. The van der Waals surface area contributed by atoms with Crippen molar-refractivity contribution in [3.8, 4) is 0 Å². The molecule has 136 valence electrons. The van der Waals surface area contributed by atoms with Crippen LogP contribution in [0.15, 0.2) is 6.20 Å². The number of hydrogen-bond acceptors (Lipinski definition) is 5. The molecule has 9 heteroatoms. The van der Waals surface area contributed by atoms with E-state index in [2.05, 4.69) is 9.97 Å². The zero-order valence-corrected chi connectivity index (χ0v) is 14.8. The number of hydrogen-bond donors (Lipinski definition) is 0. The van der Waals surface area contributed by atoms with E-state index in [1.807, 2.05) is 18.7 Å². The Balaban J connectivity index is 3.47. The number of rotatable bonds is 6. The minimum Gasteiger partial charge on any atom is -0.361 e. The highest BCUT2D eigenvalue weighted by molar-refractivity contribution is 6.00. The number of anilines is 3. The lowest BCUT2D eigenvalue weighted by atomic mass is 10.2. The van der Waals surface area contributed by atoms with Crippen LogP contribution in [0.2, 0.25) is 0 Å². The van der Waals surface area contributed by atoms with Gasteiger partial charge in [0.1, 0.15) is 5.69 Å². The molecule has 24 heavy (non-hydrogen) atoms. The van der Waals surface area contributed by atoms with Crippen molar-refractivity contribution >= 4 is 23.4 Å². The van der Waals surface area contributed by atoms with Crippen molar-refractivity contribution in [2.24, 2.45) is 0 Å². The molecule has 1 rings (SSSR count). The van der Waals surface area contributed by atoms with Gasteiger partial charge in [0, 0.05) is 33.2 Å². The highest BCUT2D eigenvalue weighted by Gasteiger charge is 2.45. The van der Waals surface area contributed by atoms with Gasteiger partial charge in [-0.25, -0.2) is 4.98 Å². The molecule has 0 spiro atoms. The second-order valence-electron chi connectivity index (χ2n) is 5.71. The molecule has 1 amide bonds. The lowest BCUT2D eigenvalue weighted by Gasteiger charge is -2.31. The van der Waals surface area contributed by atoms with Gasteiger partial charge in [0.05, 0.1) is 6.20 Å². The first-order chi connectivity index (χ1) is 11.0. The van der Waals surface area contributed by atoms with E-state index in [0.29, 0.717) is 23.9 Å². The minimum atomic E-state index is -4.97. The summed E-state index contributed by atoms with van der Waals surface area (Å²) in [5, 5.41) is 0. The molecule has 0 unspecified atom stereocenters. The summed E-state index contributed by atoms with van der Waals surface area (Å²) in [6.07, 6.45) is -3.69. The quantitative estimate of drug-likeness (QED) is 0.792. The largest absolute Gasteiger partial charge is 0.471 e. The van der Waals surface area contributed by atoms with Crippen LogP contribution in [-0.4, -0.2) is 55.3 Å². The summed E-state index contributed by atoms with van der Waals surface area (Å²) in [5.41, 5.74) is 0.0354. The summed E-state index contributed by atoms with van der Waals surface area (Å²) >= 11 is 0. The molecular formula is C15H24F3N5O. The molecule has 1 aromatic rings. The predicted molar refractivity (Wildman–Crippen MR) is 88.6 cm³/mol. The summed E-state index contributed by atoms with van der Waals surface area (Å²) < 4.78 is 38.8. The third-order valence-corrected chi connectivity index (χ3v) is 3.44. The van der Waals surface area contributed by atoms with E-state index >= 15 is 0 Å². The molecule has 0 saturated carbocycles. The van der Waals surface area contributed by atoms with Crippen molar-refractivity contribution in [3.05, 3.63) is 6.20 Å². The monoisotopic (exact) mass is 347 g/mol. The Morgan fingerprint density at radius 2 is 1.75 bits per heavy atom. The zero-order chi connectivity index (χ0) is 18.7. The van der Waals surface area contributed by atoms with E-state index in [1.165, 1.54) is 20.0 Å². The number of amides is 1. The Bertz CT molecular complexity index is 571. The topological polar surface area (TPSA) is 52.6 Å². The Morgan fingerprint density at radius 1 is 1.21 bits per heavy atom. The van der Waals surface area contributed by atoms with E-state index < -0.39 is 18.1 Å². The van der Waals surface area contributed by atoms with Crippen molar-refractivity contribution < 1.29 is 18.0 Å². The lowest BCUT2D eigenvalue weighted by Crippen LogP contribution is -2.46. The van der Waals surface area contributed by atoms with E-state index in [9.17, 15) is 18.0 Å². The third-order valence-electron chi connectivity index (χ3n) is 3.44. The zero-order valence-electron chi connectivity index (χ0n) is 14.8. The number of carbonyl (C=O) groups excluding carboxylic acids is 1. The second-order valence-corrected chi connectivity index (χ2v) is 5.71. The van der Waals surface area contributed by atoms with E-state index in [4.69, 9.17) is 0 Å². The molecule has 0 radical (unpaired) electrons. The normalized spacial score (nSPS) is 11.6. The van der Waals surface area contributed by atoms with Crippen LogP contribution in [0.4, 0.5) is 30.6 Å². The van der Waals surface area contributed by atoms with Crippen LogP contribution in [0.1, 0.15) is 27.7 Å². The van der Waals surface area contributed by atoms with Gasteiger partial charge in [-0.05, 0) is 27.7 Å². The fourth-order valence-electron chi connectivity index (χ4n) is 2.27. The summed E-state index contributed by atoms with van der Waals surface area (Å²) in [6, 6.07) is -0.694. The lowest BCUT2D eigenvalue weighted by molar-refractivity contribution is -0.170. The van der Waals surface area contributed by atoms with Crippen molar-refractivity contribution in [1.82, 2.24) is 9.97 Å². The van der Waals surface area contributed by atoms with Crippen LogP contribution in [0.3, 0.4) is 0 Å². The van der Waals surface area contributed by atoms with Crippen LogP contribution < -0.4 is 14.7 Å². The maximum Gasteiger partial charge on any atom is 0.471 e. The maximum atomic E-state index is 12.9. The van der Waals surface area contributed by atoms with E-state index in [-0.39, 0.29) is 11.5 Å². The summed E-state index contributed by atoms with van der Waals surface area (Å²) in [5.74, 6) is -1.26. The fourth-order valence-corrected chi connectivity index (χ4v) is 2.27. The number of aromatic nitrogens is 2. The van der Waals surface area contributed by atoms with Gasteiger partial charge in [-0.1, -0.05) is 0 Å². The van der Waals surface area contributed by atoms with Gasteiger partial charge >= 0.3 is 12.1 Å². The van der Waals surface area contributed by atoms with Crippen molar-refractivity contribution in [2.45, 2.75) is 39.9 Å². The molecule has 0 fully saturated rings. The SMILES string of the molecule is CCN(CC)c1ncc(N(C(=O)C(F)(F)F)C(C)C)c(N(C)C)n1. The molecule has 0 bridgehead atoms. The Labute approximate surface area is 140 Å². The standard InChI is InChI=1S/C15H24F3N5O/c1-7-22(8-2)14-19-9-11(12(20-14)21(5)6)23(10(3)4)13(24)15(16,17)18/h9-10H,7-8H2,1-6H3. The van der Waals surface area contributed by atoms with Crippen molar-refractivity contribution in [1.29, 1.82) is 0 Å². The summed E-state index contributed by atoms with van der Waals surface area (Å²) in [6.45, 7) is 8.23. The molecule has 0 atom stereocenters. The molecule has 0 aromatic carbocycles. The van der Waals surface area contributed by atoms with Gasteiger partial charge in [-0.2, -0.15) is 18.2 Å². The van der Waals surface area contributed by atoms with Crippen LogP contribution in [0, 0.1) is 0 Å². The van der Waals surface area contributed by atoms with Crippen LogP contribution in [0.5, 0.6) is 0 Å². The van der Waals surface area contributed by atoms with Crippen LogP contribution >= 0.6 is 0 Å². The molecule has 6 nitrogen and oxygen atoms in total. The summed E-state index contributed by atoms with van der Waals surface area (Å²) in [7, 11) is 3.32. The number of nitrogens with zero attached hydrogens (tertiary/aromatic N) is 5. The maximum absolute atomic E-state index is 12.9. The smallest absolute Gasteiger partial charge is 0.361 e. The Hall–Kier alpha value is -2.06. The first kappa shape index (κ1) is 20.0. The highest BCUT2D eigenvalue weighted by Crippen LogP contribution is 2.32. The van der Waals surface area contributed by atoms with Crippen LogP contribution in [0.25, 0.3) is 0 Å². The number of alkyl halides is 3. The van der Waals surface area contributed by atoms with Crippen molar-refractivity contribution in [2.75, 3.05) is 41.9 Å². The number of carbonyl (C=O) groups is 1. The second kappa shape index (κ2) is 7.67. The number of halogens is 3. The first-order valence-corrected chi connectivity index (χ1v) is 7.74. The van der Waals surface area contributed by atoms with Gasteiger partial charge in [0.2, 0.25) is 5.95 Å². The molecule has 1 heterocycles. The average Bonchev–Trinajstić information content (AvgIpc) is 2.48. The van der Waals surface area contributed by atoms with Gasteiger partial charge in [-0.3, -0.25) is 9.69 Å². The Kier molecular flexibility index (Phi) is 6.39. The molecule has 0 aliphatic rings. The van der Waals surface area contributed by atoms with Gasteiger partial charge in [0.15, 0.2) is 5.82 Å². The highest BCUT2D eigenvalue weighted by atomic mass is 19.4. The predicted octanol–water partition coefficient (Wildman–Crippen LogP) is 2.69. The van der Waals surface area contributed by atoms with E-state index in [1.54, 1.807) is 19.0 Å². The molecule has 0 N–H and O–H groups in total. The summed E-state index contributed by atoms with van der Waals surface area (Å²) in [4.78, 5) is 24.5. The first-order valence-electron chi connectivity index (χ1n) is 7.74. The Morgan fingerprint density at radius 3 is 2.12 bits per heavy atom. The van der Waals surface area contributed by atoms with Crippen LogP contribution in [-0.2, 0) is 4.79 Å². The van der Waals surface area contributed by atoms with Gasteiger partial charge in [-0.15, -0.1) is 0 Å². The molecular weight excluding hydrogens is 323 g/mol. The molecule has 1 aromatic heterocycles. The molecule has 0 aliphatic heterocycles. The van der Waals surface area contributed by atoms with Crippen molar-refractivity contribution in [3.63, 3.8) is 0 Å². The minimum absolute atomic E-state index is 0.0354. The third kappa shape index (κ3) is 4.27. The van der Waals surface area contributed by atoms with Gasteiger partial charge < -0.3 is 9.80 Å². The average molecular weight is 347 g/mol. The fraction of sp³-hybridized carbons (Fsp3) is 0.667.